The van der Waals surface area contributed by atoms with Crippen LogP contribution < -0.4 is 10.6 Å². The SMILES string of the molecule is Cc1ccc(S(C)(=O)=O)cc1C(=O)Nc1ccc(NC(=O)c2ccco2)cc1C(F)(F)F. The van der Waals surface area contributed by atoms with Gasteiger partial charge in [0.05, 0.1) is 22.4 Å². The van der Waals surface area contributed by atoms with Crippen LogP contribution in [-0.2, 0) is 16.0 Å². The van der Waals surface area contributed by atoms with Gasteiger partial charge in [-0.25, -0.2) is 8.42 Å². The van der Waals surface area contributed by atoms with E-state index in [2.05, 4.69) is 10.6 Å². The first-order chi connectivity index (χ1) is 14.9. The van der Waals surface area contributed by atoms with E-state index in [0.29, 0.717) is 11.6 Å². The Morgan fingerprint density at radius 2 is 1.69 bits per heavy atom. The lowest BCUT2D eigenvalue weighted by Gasteiger charge is -2.16. The second-order valence-electron chi connectivity index (χ2n) is 6.89. The van der Waals surface area contributed by atoms with Crippen LogP contribution in [0.4, 0.5) is 24.5 Å². The van der Waals surface area contributed by atoms with E-state index in [9.17, 15) is 31.2 Å². The maximum Gasteiger partial charge on any atom is 0.418 e. The van der Waals surface area contributed by atoms with Crippen LogP contribution in [0.5, 0.6) is 0 Å². The predicted octanol–water partition coefficient (Wildman–Crippen LogP) is 4.51. The van der Waals surface area contributed by atoms with E-state index < -0.39 is 39.1 Å². The molecule has 0 aliphatic rings. The van der Waals surface area contributed by atoms with Gasteiger partial charge in [0, 0.05) is 17.5 Å². The quantitative estimate of drug-likeness (QED) is 0.575. The van der Waals surface area contributed by atoms with Crippen molar-refractivity contribution in [1.82, 2.24) is 0 Å². The number of rotatable bonds is 5. The van der Waals surface area contributed by atoms with Gasteiger partial charge in [-0.3, -0.25) is 9.59 Å². The molecule has 3 rings (SSSR count). The van der Waals surface area contributed by atoms with Crippen LogP contribution in [0.1, 0.15) is 32.0 Å². The van der Waals surface area contributed by atoms with Gasteiger partial charge in [-0.15, -0.1) is 0 Å². The minimum absolute atomic E-state index is 0.0860. The fourth-order valence-electron chi connectivity index (χ4n) is 2.83. The highest BCUT2D eigenvalue weighted by molar-refractivity contribution is 7.90. The van der Waals surface area contributed by atoms with Gasteiger partial charge in [0.2, 0.25) is 0 Å². The molecule has 0 saturated heterocycles. The second-order valence-corrected chi connectivity index (χ2v) is 8.91. The Hall–Kier alpha value is -3.60. The zero-order valence-electron chi connectivity index (χ0n) is 16.8. The zero-order valence-corrected chi connectivity index (χ0v) is 17.6. The van der Waals surface area contributed by atoms with Crippen LogP contribution in [0.2, 0.25) is 0 Å². The number of hydrogen-bond donors (Lipinski definition) is 2. The fourth-order valence-corrected chi connectivity index (χ4v) is 3.48. The molecule has 11 heteroatoms. The van der Waals surface area contributed by atoms with Crippen molar-refractivity contribution in [3.8, 4) is 0 Å². The molecule has 168 valence electrons. The summed E-state index contributed by atoms with van der Waals surface area (Å²) in [6.45, 7) is 1.53. The molecule has 0 aliphatic carbocycles. The van der Waals surface area contributed by atoms with E-state index in [0.717, 1.165) is 18.4 Å². The van der Waals surface area contributed by atoms with E-state index in [-0.39, 0.29) is 21.9 Å². The number of nitrogens with one attached hydrogen (secondary N) is 2. The van der Waals surface area contributed by atoms with Crippen LogP contribution in [-0.4, -0.2) is 26.5 Å². The molecule has 0 spiro atoms. The van der Waals surface area contributed by atoms with Gasteiger partial charge in [-0.05, 0) is 55.0 Å². The molecule has 1 heterocycles. The van der Waals surface area contributed by atoms with Crippen molar-refractivity contribution >= 4 is 33.0 Å². The van der Waals surface area contributed by atoms with Gasteiger partial charge in [0.25, 0.3) is 11.8 Å². The molecule has 0 fully saturated rings. The number of sulfone groups is 1. The summed E-state index contributed by atoms with van der Waals surface area (Å²) in [4.78, 5) is 24.5. The Balaban J connectivity index is 1.92. The van der Waals surface area contributed by atoms with Crippen molar-refractivity contribution in [1.29, 1.82) is 0 Å². The van der Waals surface area contributed by atoms with E-state index in [1.807, 2.05) is 0 Å². The number of carbonyl (C=O) groups excluding carboxylic acids is 2. The first-order valence-electron chi connectivity index (χ1n) is 9.04. The number of aryl methyl sites for hydroxylation is 1. The molecule has 32 heavy (non-hydrogen) atoms. The minimum atomic E-state index is -4.85. The number of alkyl halides is 3. The standard InChI is InChI=1S/C21H17F3N2O5S/c1-12-5-7-14(32(2,29)30)11-15(12)19(27)26-17-8-6-13(10-16(17)21(22,23)24)25-20(28)18-4-3-9-31-18/h3-11H,1-2H3,(H,25,28)(H,26,27). The molecule has 0 bridgehead atoms. The molecule has 0 saturated carbocycles. The predicted molar refractivity (Wildman–Crippen MR) is 110 cm³/mol. The Labute approximate surface area is 181 Å². The third-order valence-corrected chi connectivity index (χ3v) is 5.57. The highest BCUT2D eigenvalue weighted by Crippen LogP contribution is 2.37. The van der Waals surface area contributed by atoms with Gasteiger partial charge in [-0.1, -0.05) is 6.07 Å². The summed E-state index contributed by atoms with van der Waals surface area (Å²) in [6, 6.07) is 9.46. The Kier molecular flexibility index (Phi) is 6.13. The summed E-state index contributed by atoms with van der Waals surface area (Å²) in [5.74, 6) is -1.74. The number of anilines is 2. The molecule has 2 N–H and O–H groups in total. The van der Waals surface area contributed by atoms with Gasteiger partial charge in [0.1, 0.15) is 0 Å². The third-order valence-electron chi connectivity index (χ3n) is 4.46. The number of amides is 2. The zero-order chi connectivity index (χ0) is 23.7. The highest BCUT2D eigenvalue weighted by Gasteiger charge is 2.34. The molecule has 0 aliphatic heterocycles. The topological polar surface area (TPSA) is 105 Å². The summed E-state index contributed by atoms with van der Waals surface area (Å²) in [7, 11) is -3.62. The molecule has 2 aromatic carbocycles. The maximum absolute atomic E-state index is 13.6. The van der Waals surface area contributed by atoms with Gasteiger partial charge < -0.3 is 15.1 Å². The van der Waals surface area contributed by atoms with E-state index in [1.165, 1.54) is 43.5 Å². The van der Waals surface area contributed by atoms with Crippen molar-refractivity contribution in [3.05, 3.63) is 77.2 Å². The minimum Gasteiger partial charge on any atom is -0.459 e. The second kappa shape index (κ2) is 8.50. The van der Waals surface area contributed by atoms with Gasteiger partial charge in [0.15, 0.2) is 15.6 Å². The highest BCUT2D eigenvalue weighted by atomic mass is 32.2. The van der Waals surface area contributed by atoms with Crippen LogP contribution in [0, 0.1) is 6.92 Å². The average molecular weight is 466 g/mol. The maximum atomic E-state index is 13.6. The van der Waals surface area contributed by atoms with Crippen molar-refractivity contribution < 1.29 is 35.6 Å². The van der Waals surface area contributed by atoms with Crippen LogP contribution in [0.3, 0.4) is 0 Å². The average Bonchev–Trinajstić information content (AvgIpc) is 3.22. The van der Waals surface area contributed by atoms with E-state index in [1.54, 1.807) is 0 Å². The van der Waals surface area contributed by atoms with Crippen molar-refractivity contribution in [2.45, 2.75) is 18.0 Å². The lowest BCUT2D eigenvalue weighted by molar-refractivity contribution is -0.136. The first-order valence-corrected chi connectivity index (χ1v) is 10.9. The van der Waals surface area contributed by atoms with Crippen molar-refractivity contribution in [3.63, 3.8) is 0 Å². The molecular formula is C21H17F3N2O5S. The van der Waals surface area contributed by atoms with Crippen molar-refractivity contribution in [2.24, 2.45) is 0 Å². The molecule has 2 amide bonds. The largest absolute Gasteiger partial charge is 0.459 e. The lowest BCUT2D eigenvalue weighted by Crippen LogP contribution is -2.19. The first kappa shape index (κ1) is 23.1. The number of benzene rings is 2. The number of carbonyl (C=O) groups is 2. The Morgan fingerprint density at radius 1 is 0.969 bits per heavy atom. The smallest absolute Gasteiger partial charge is 0.418 e. The number of furan rings is 1. The summed E-state index contributed by atoms with van der Waals surface area (Å²) < 4.78 is 69.3. The summed E-state index contributed by atoms with van der Waals surface area (Å²) in [5.41, 5.74) is -1.61. The summed E-state index contributed by atoms with van der Waals surface area (Å²) in [5, 5.41) is 4.47. The third kappa shape index (κ3) is 5.17. The Morgan fingerprint density at radius 3 is 2.28 bits per heavy atom. The molecule has 0 radical (unpaired) electrons. The van der Waals surface area contributed by atoms with Gasteiger partial charge in [-0.2, -0.15) is 13.2 Å². The molecular weight excluding hydrogens is 449 g/mol. The molecule has 0 atom stereocenters. The van der Waals surface area contributed by atoms with Crippen LogP contribution in [0.15, 0.2) is 64.1 Å². The molecule has 3 aromatic rings. The van der Waals surface area contributed by atoms with E-state index >= 15 is 0 Å². The van der Waals surface area contributed by atoms with Crippen LogP contribution >= 0.6 is 0 Å². The fraction of sp³-hybridized carbons (Fsp3) is 0.143. The Bertz CT molecular complexity index is 1280. The lowest BCUT2D eigenvalue weighted by atomic mass is 10.1. The molecule has 7 nitrogen and oxygen atoms in total. The van der Waals surface area contributed by atoms with E-state index in [4.69, 9.17) is 4.42 Å². The van der Waals surface area contributed by atoms with Crippen molar-refractivity contribution in [2.75, 3.05) is 16.9 Å². The summed E-state index contributed by atoms with van der Waals surface area (Å²) >= 11 is 0. The number of hydrogen-bond acceptors (Lipinski definition) is 5. The molecule has 0 unspecified atom stereocenters. The van der Waals surface area contributed by atoms with Gasteiger partial charge >= 0.3 is 6.18 Å². The monoisotopic (exact) mass is 466 g/mol. The number of halogens is 3. The van der Waals surface area contributed by atoms with Crippen LogP contribution in [0.25, 0.3) is 0 Å². The normalized spacial score (nSPS) is 11.8. The summed E-state index contributed by atoms with van der Waals surface area (Å²) in [6.07, 6.45) is -2.65. The molecule has 1 aromatic heterocycles.